The van der Waals surface area contributed by atoms with Crippen molar-refractivity contribution in [3.8, 4) is 11.3 Å². The van der Waals surface area contributed by atoms with Crippen molar-refractivity contribution in [3.05, 3.63) is 77.9 Å². The maximum atomic E-state index is 14.5. The quantitative estimate of drug-likeness (QED) is 0.654. The Bertz CT molecular complexity index is 918. The monoisotopic (exact) mass is 352 g/mol. The summed E-state index contributed by atoms with van der Waals surface area (Å²) in [5.41, 5.74) is 7.11. The number of nitrogens with zero attached hydrogens (tertiary/aromatic N) is 2. The number of hydrogen-bond donors (Lipinski definition) is 3. The van der Waals surface area contributed by atoms with E-state index in [0.717, 1.165) is 5.56 Å². The summed E-state index contributed by atoms with van der Waals surface area (Å²) in [5, 5.41) is 12.2. The normalized spacial score (nSPS) is 11.8. The first kappa shape index (κ1) is 17.5. The molecule has 1 aromatic heterocycles. The van der Waals surface area contributed by atoms with Crippen LogP contribution in [0.2, 0.25) is 0 Å². The number of nitrogens with one attached hydrogen (secondary N) is 1. The number of hydrogen-bond acceptors (Lipinski definition) is 5. The Morgan fingerprint density at radius 2 is 1.88 bits per heavy atom. The van der Waals surface area contributed by atoms with E-state index < -0.39 is 17.8 Å². The van der Waals surface area contributed by atoms with E-state index in [0.29, 0.717) is 11.3 Å². The third kappa shape index (κ3) is 3.68. The Hall–Kier alpha value is -3.32. The summed E-state index contributed by atoms with van der Waals surface area (Å²) in [5.74, 6) is -1.16. The second-order valence-corrected chi connectivity index (χ2v) is 5.60. The Labute approximate surface area is 149 Å². The number of aliphatic hydroxyl groups excluding tert-OH is 1. The van der Waals surface area contributed by atoms with Gasteiger partial charge in [0.05, 0.1) is 18.2 Å². The number of nitrogen functional groups attached to an aromatic ring is 1. The van der Waals surface area contributed by atoms with Gasteiger partial charge < -0.3 is 16.2 Å². The van der Waals surface area contributed by atoms with E-state index in [1.165, 1.54) is 24.5 Å². The van der Waals surface area contributed by atoms with Crippen LogP contribution in [0.4, 0.5) is 10.2 Å². The van der Waals surface area contributed by atoms with Gasteiger partial charge in [-0.1, -0.05) is 36.4 Å². The number of amides is 1. The molecular formula is C19H17FN4O2. The fourth-order valence-electron chi connectivity index (χ4n) is 2.57. The molecule has 0 spiro atoms. The van der Waals surface area contributed by atoms with Gasteiger partial charge in [-0.3, -0.25) is 9.78 Å². The molecule has 3 rings (SSSR count). The topological polar surface area (TPSA) is 101 Å². The molecule has 0 unspecified atom stereocenters. The minimum Gasteiger partial charge on any atom is -0.394 e. The van der Waals surface area contributed by atoms with E-state index in [2.05, 4.69) is 15.3 Å². The molecule has 26 heavy (non-hydrogen) atoms. The average Bonchev–Trinajstić information content (AvgIpc) is 2.67. The molecule has 7 heteroatoms. The van der Waals surface area contributed by atoms with Gasteiger partial charge in [-0.15, -0.1) is 0 Å². The van der Waals surface area contributed by atoms with Crippen molar-refractivity contribution < 1.29 is 14.3 Å². The van der Waals surface area contributed by atoms with Gasteiger partial charge in [-0.05, 0) is 17.7 Å². The van der Waals surface area contributed by atoms with Gasteiger partial charge in [0.15, 0.2) is 0 Å². The molecule has 6 nitrogen and oxygen atoms in total. The largest absolute Gasteiger partial charge is 0.394 e. The van der Waals surface area contributed by atoms with Crippen LogP contribution in [0, 0.1) is 5.82 Å². The molecule has 0 aliphatic heterocycles. The molecule has 3 aromatic rings. The number of carbonyl (C=O) groups is 1. The number of aromatic nitrogens is 2. The van der Waals surface area contributed by atoms with Crippen molar-refractivity contribution in [1.82, 2.24) is 15.3 Å². The third-order valence-corrected chi connectivity index (χ3v) is 3.90. The zero-order valence-corrected chi connectivity index (χ0v) is 13.8. The molecule has 0 saturated heterocycles. The predicted molar refractivity (Wildman–Crippen MR) is 95.6 cm³/mol. The minimum absolute atomic E-state index is 0.134. The molecule has 0 aliphatic carbocycles. The first-order valence-electron chi connectivity index (χ1n) is 7.93. The van der Waals surface area contributed by atoms with E-state index in [-0.39, 0.29) is 18.0 Å². The van der Waals surface area contributed by atoms with Crippen molar-refractivity contribution in [1.29, 1.82) is 0 Å². The van der Waals surface area contributed by atoms with Crippen LogP contribution in [-0.2, 0) is 0 Å². The molecule has 1 amide bonds. The highest BCUT2D eigenvalue weighted by Gasteiger charge is 2.18. The van der Waals surface area contributed by atoms with E-state index >= 15 is 0 Å². The van der Waals surface area contributed by atoms with E-state index in [1.807, 2.05) is 6.07 Å². The molecule has 0 bridgehead atoms. The molecule has 1 atom stereocenters. The zero-order chi connectivity index (χ0) is 18.5. The number of halogens is 1. The van der Waals surface area contributed by atoms with Gasteiger partial charge in [-0.25, -0.2) is 9.37 Å². The fourth-order valence-corrected chi connectivity index (χ4v) is 2.57. The van der Waals surface area contributed by atoms with E-state index in [1.54, 1.807) is 30.3 Å². The Morgan fingerprint density at radius 1 is 1.15 bits per heavy atom. The molecule has 4 N–H and O–H groups in total. The van der Waals surface area contributed by atoms with Gasteiger partial charge in [0.2, 0.25) is 0 Å². The van der Waals surface area contributed by atoms with Gasteiger partial charge in [0, 0.05) is 18.0 Å². The number of benzene rings is 2. The number of carbonyl (C=O) groups excluding carboxylic acids is 1. The number of aliphatic hydroxyl groups is 1. The lowest BCUT2D eigenvalue weighted by Crippen LogP contribution is -2.31. The van der Waals surface area contributed by atoms with Crippen LogP contribution in [0.5, 0.6) is 0 Å². The summed E-state index contributed by atoms with van der Waals surface area (Å²) < 4.78 is 14.5. The summed E-state index contributed by atoms with van der Waals surface area (Å²) in [4.78, 5) is 20.4. The van der Waals surface area contributed by atoms with Crippen molar-refractivity contribution >= 4 is 11.7 Å². The molecule has 1 heterocycles. The lowest BCUT2D eigenvalue weighted by atomic mass is 10.1. The summed E-state index contributed by atoms with van der Waals surface area (Å²) in [6.45, 7) is -0.300. The molecule has 0 radical (unpaired) electrons. The summed E-state index contributed by atoms with van der Waals surface area (Å²) >= 11 is 0. The summed E-state index contributed by atoms with van der Waals surface area (Å²) in [7, 11) is 0. The standard InChI is InChI=1S/C19H17FN4O2/c20-15-10-13(17-18(21)23-9-8-22-17)6-7-14(15)19(26)24-16(11-25)12-4-2-1-3-5-12/h1-10,16,25H,11H2,(H2,21,23)(H,24,26)/t16-/m1/s1. The highest BCUT2D eigenvalue weighted by atomic mass is 19.1. The highest BCUT2D eigenvalue weighted by Crippen LogP contribution is 2.24. The number of nitrogens with two attached hydrogens (primary N) is 1. The first-order chi connectivity index (χ1) is 12.6. The van der Waals surface area contributed by atoms with Crippen molar-refractivity contribution in [2.45, 2.75) is 6.04 Å². The van der Waals surface area contributed by atoms with Crippen LogP contribution >= 0.6 is 0 Å². The highest BCUT2D eigenvalue weighted by molar-refractivity contribution is 5.95. The molecule has 2 aromatic carbocycles. The Balaban J connectivity index is 1.83. The molecular weight excluding hydrogens is 335 g/mol. The van der Waals surface area contributed by atoms with E-state index in [4.69, 9.17) is 5.73 Å². The maximum absolute atomic E-state index is 14.5. The van der Waals surface area contributed by atoms with Gasteiger partial charge in [0.25, 0.3) is 5.91 Å². The fraction of sp³-hybridized carbons (Fsp3) is 0.105. The minimum atomic E-state index is -0.713. The lowest BCUT2D eigenvalue weighted by molar-refractivity contribution is 0.0912. The first-order valence-corrected chi connectivity index (χ1v) is 7.93. The molecule has 0 saturated carbocycles. The van der Waals surface area contributed by atoms with Crippen molar-refractivity contribution in [2.75, 3.05) is 12.3 Å². The average molecular weight is 352 g/mol. The SMILES string of the molecule is Nc1nccnc1-c1ccc(C(=O)N[C@H](CO)c2ccccc2)c(F)c1. The maximum Gasteiger partial charge on any atom is 0.254 e. The van der Waals surface area contributed by atoms with Gasteiger partial charge in [0.1, 0.15) is 17.3 Å². The Morgan fingerprint density at radius 3 is 2.54 bits per heavy atom. The zero-order valence-electron chi connectivity index (χ0n) is 13.8. The number of rotatable bonds is 5. The van der Waals surface area contributed by atoms with Crippen molar-refractivity contribution in [2.24, 2.45) is 0 Å². The van der Waals surface area contributed by atoms with Gasteiger partial charge >= 0.3 is 0 Å². The smallest absolute Gasteiger partial charge is 0.254 e. The second kappa shape index (κ2) is 7.71. The van der Waals surface area contributed by atoms with Crippen LogP contribution < -0.4 is 11.1 Å². The van der Waals surface area contributed by atoms with Crippen LogP contribution in [0.15, 0.2) is 60.9 Å². The summed E-state index contributed by atoms with van der Waals surface area (Å²) in [6.07, 6.45) is 2.89. The van der Waals surface area contributed by atoms with E-state index in [9.17, 15) is 14.3 Å². The third-order valence-electron chi connectivity index (χ3n) is 3.90. The van der Waals surface area contributed by atoms with Crippen molar-refractivity contribution in [3.63, 3.8) is 0 Å². The molecule has 0 aliphatic rings. The molecule has 132 valence electrons. The second-order valence-electron chi connectivity index (χ2n) is 5.60. The Kier molecular flexibility index (Phi) is 5.19. The lowest BCUT2D eigenvalue weighted by Gasteiger charge is -2.17. The predicted octanol–water partition coefficient (Wildman–Crippen LogP) is 2.33. The summed E-state index contributed by atoms with van der Waals surface area (Å²) in [6, 6.07) is 12.4. The van der Waals surface area contributed by atoms with Gasteiger partial charge in [-0.2, -0.15) is 0 Å². The van der Waals surface area contributed by atoms with Crippen LogP contribution in [0.1, 0.15) is 22.0 Å². The van der Waals surface area contributed by atoms with Crippen LogP contribution in [0.3, 0.4) is 0 Å². The number of anilines is 1. The van der Waals surface area contributed by atoms with Crippen LogP contribution in [0.25, 0.3) is 11.3 Å². The molecule has 0 fully saturated rings. The van der Waals surface area contributed by atoms with Crippen LogP contribution in [-0.4, -0.2) is 27.6 Å².